The van der Waals surface area contributed by atoms with Gasteiger partial charge in [-0.15, -0.1) is 0 Å². The monoisotopic (exact) mass is 224 g/mol. The van der Waals surface area contributed by atoms with Crippen LogP contribution >= 0.6 is 0 Å². The van der Waals surface area contributed by atoms with Gasteiger partial charge >= 0.3 is 0 Å². The van der Waals surface area contributed by atoms with E-state index in [1.165, 1.54) is 51.6 Å². The normalized spacial score (nSPS) is 39.6. The summed E-state index contributed by atoms with van der Waals surface area (Å²) in [6.07, 6.45) is 8.42. The third kappa shape index (κ3) is 2.98. The topological polar surface area (TPSA) is 29.3 Å². The Labute approximate surface area is 101 Å². The third-order valence-corrected chi connectivity index (χ3v) is 4.73. The van der Waals surface area contributed by atoms with E-state index in [1.807, 2.05) is 0 Å². The Morgan fingerprint density at radius 1 is 1.12 bits per heavy atom. The largest absolute Gasteiger partial charge is 0.328 e. The van der Waals surface area contributed by atoms with E-state index in [-0.39, 0.29) is 0 Å². The third-order valence-electron chi connectivity index (χ3n) is 4.73. The molecule has 1 saturated carbocycles. The molecule has 1 saturated heterocycles. The van der Waals surface area contributed by atoms with Crippen LogP contribution in [0.1, 0.15) is 52.4 Å². The van der Waals surface area contributed by atoms with Gasteiger partial charge in [0.05, 0.1) is 0 Å². The standard InChI is InChI=1S/C14H28N2/c1-11-5-7-14(8-6-11)16-9-3-4-13(10-16)12(2)15/h11-14H,3-10,15H2,1-2H3. The molecule has 2 atom stereocenters. The first-order chi connectivity index (χ1) is 7.66. The summed E-state index contributed by atoms with van der Waals surface area (Å²) in [5, 5.41) is 0. The van der Waals surface area contributed by atoms with Crippen molar-refractivity contribution in [2.24, 2.45) is 17.6 Å². The molecular weight excluding hydrogens is 196 g/mol. The van der Waals surface area contributed by atoms with Crippen molar-refractivity contribution in [2.75, 3.05) is 13.1 Å². The molecule has 2 unspecified atom stereocenters. The Morgan fingerprint density at radius 3 is 2.44 bits per heavy atom. The van der Waals surface area contributed by atoms with E-state index in [9.17, 15) is 0 Å². The Bertz CT molecular complexity index is 207. The zero-order chi connectivity index (χ0) is 11.5. The van der Waals surface area contributed by atoms with E-state index < -0.39 is 0 Å². The van der Waals surface area contributed by atoms with Crippen LogP contribution in [0.3, 0.4) is 0 Å². The number of rotatable bonds is 2. The van der Waals surface area contributed by atoms with Crippen LogP contribution in [0.5, 0.6) is 0 Å². The first-order valence-corrected chi connectivity index (χ1v) is 7.16. The van der Waals surface area contributed by atoms with Gasteiger partial charge in [0.2, 0.25) is 0 Å². The average Bonchev–Trinajstić information content (AvgIpc) is 2.30. The maximum absolute atomic E-state index is 6.05. The Hall–Kier alpha value is -0.0800. The van der Waals surface area contributed by atoms with E-state index in [2.05, 4.69) is 18.7 Å². The molecule has 2 fully saturated rings. The lowest BCUT2D eigenvalue weighted by Gasteiger charge is -2.42. The summed E-state index contributed by atoms with van der Waals surface area (Å²) in [5.41, 5.74) is 6.05. The van der Waals surface area contributed by atoms with Gasteiger partial charge in [0.15, 0.2) is 0 Å². The van der Waals surface area contributed by atoms with E-state index in [1.54, 1.807) is 0 Å². The zero-order valence-corrected chi connectivity index (χ0v) is 11.0. The predicted octanol–water partition coefficient (Wildman–Crippen LogP) is 2.62. The lowest BCUT2D eigenvalue weighted by Crippen LogP contribution is -2.47. The van der Waals surface area contributed by atoms with Crippen molar-refractivity contribution in [1.29, 1.82) is 0 Å². The fourth-order valence-corrected chi connectivity index (χ4v) is 3.41. The van der Waals surface area contributed by atoms with Crippen molar-refractivity contribution in [1.82, 2.24) is 4.90 Å². The molecule has 2 aliphatic rings. The molecule has 2 rings (SSSR count). The Morgan fingerprint density at radius 2 is 1.81 bits per heavy atom. The molecule has 94 valence electrons. The Balaban J connectivity index is 1.84. The summed E-state index contributed by atoms with van der Waals surface area (Å²) >= 11 is 0. The van der Waals surface area contributed by atoms with Crippen molar-refractivity contribution in [3.63, 3.8) is 0 Å². The maximum Gasteiger partial charge on any atom is 0.00955 e. The Kier molecular flexibility index (Phi) is 4.26. The highest BCUT2D eigenvalue weighted by Gasteiger charge is 2.29. The minimum absolute atomic E-state index is 0.380. The van der Waals surface area contributed by atoms with Gasteiger partial charge in [-0.05, 0) is 63.8 Å². The quantitative estimate of drug-likeness (QED) is 0.781. The summed E-state index contributed by atoms with van der Waals surface area (Å²) in [6.45, 7) is 7.16. The molecule has 2 nitrogen and oxygen atoms in total. The first kappa shape index (κ1) is 12.4. The molecule has 16 heavy (non-hydrogen) atoms. The summed E-state index contributed by atoms with van der Waals surface area (Å²) in [6, 6.07) is 1.25. The van der Waals surface area contributed by atoms with Crippen LogP contribution < -0.4 is 5.73 Å². The minimum Gasteiger partial charge on any atom is -0.328 e. The van der Waals surface area contributed by atoms with E-state index >= 15 is 0 Å². The van der Waals surface area contributed by atoms with Gasteiger partial charge in [0.1, 0.15) is 0 Å². The van der Waals surface area contributed by atoms with Gasteiger partial charge in [-0.2, -0.15) is 0 Å². The number of piperidine rings is 1. The van der Waals surface area contributed by atoms with Gasteiger partial charge in [-0.3, -0.25) is 0 Å². The van der Waals surface area contributed by atoms with Gasteiger partial charge in [0, 0.05) is 18.6 Å². The molecule has 1 heterocycles. The fraction of sp³-hybridized carbons (Fsp3) is 1.00. The summed E-state index contributed by atoms with van der Waals surface area (Å²) in [5.74, 6) is 1.71. The van der Waals surface area contributed by atoms with Crippen LogP contribution in [-0.4, -0.2) is 30.1 Å². The molecule has 0 spiro atoms. The number of likely N-dealkylation sites (tertiary alicyclic amines) is 1. The second kappa shape index (κ2) is 5.50. The molecule has 2 heteroatoms. The highest BCUT2D eigenvalue weighted by Crippen LogP contribution is 2.30. The first-order valence-electron chi connectivity index (χ1n) is 7.16. The molecule has 1 aliphatic carbocycles. The van der Waals surface area contributed by atoms with Crippen LogP contribution in [-0.2, 0) is 0 Å². The number of nitrogens with two attached hydrogens (primary N) is 1. The van der Waals surface area contributed by atoms with Crippen LogP contribution in [0, 0.1) is 11.8 Å². The zero-order valence-electron chi connectivity index (χ0n) is 11.0. The molecule has 0 aromatic heterocycles. The SMILES string of the molecule is CC1CCC(N2CCCC(C(C)N)C2)CC1. The van der Waals surface area contributed by atoms with Crippen molar-refractivity contribution in [3.05, 3.63) is 0 Å². The molecule has 0 radical (unpaired) electrons. The number of hydrogen-bond donors (Lipinski definition) is 1. The fourth-order valence-electron chi connectivity index (χ4n) is 3.41. The lowest BCUT2D eigenvalue weighted by atomic mass is 9.84. The smallest absolute Gasteiger partial charge is 0.00955 e. The predicted molar refractivity (Wildman–Crippen MR) is 69.4 cm³/mol. The summed E-state index contributed by atoms with van der Waals surface area (Å²) in [7, 11) is 0. The average molecular weight is 224 g/mol. The number of nitrogens with zero attached hydrogens (tertiary/aromatic N) is 1. The molecule has 0 amide bonds. The molecule has 2 N–H and O–H groups in total. The van der Waals surface area contributed by atoms with Gasteiger partial charge in [-0.25, -0.2) is 0 Å². The van der Waals surface area contributed by atoms with E-state index in [0.717, 1.165) is 17.9 Å². The lowest BCUT2D eigenvalue weighted by molar-refractivity contribution is 0.0828. The highest BCUT2D eigenvalue weighted by atomic mass is 15.2. The van der Waals surface area contributed by atoms with Crippen LogP contribution in [0.4, 0.5) is 0 Å². The van der Waals surface area contributed by atoms with E-state index in [4.69, 9.17) is 5.73 Å². The second-order valence-corrected chi connectivity index (χ2v) is 6.17. The molecule has 0 aromatic carbocycles. The minimum atomic E-state index is 0.380. The van der Waals surface area contributed by atoms with Gasteiger partial charge < -0.3 is 10.6 Å². The summed E-state index contributed by atoms with van der Waals surface area (Å²) < 4.78 is 0. The summed E-state index contributed by atoms with van der Waals surface area (Å²) in [4.78, 5) is 2.74. The highest BCUT2D eigenvalue weighted by molar-refractivity contribution is 4.85. The van der Waals surface area contributed by atoms with Gasteiger partial charge in [-0.1, -0.05) is 6.92 Å². The van der Waals surface area contributed by atoms with Crippen LogP contribution in [0.25, 0.3) is 0 Å². The van der Waals surface area contributed by atoms with Crippen molar-refractivity contribution in [3.8, 4) is 0 Å². The molecule has 1 aliphatic heterocycles. The second-order valence-electron chi connectivity index (χ2n) is 6.17. The van der Waals surface area contributed by atoms with Crippen molar-refractivity contribution in [2.45, 2.75) is 64.5 Å². The molecule has 0 bridgehead atoms. The molecular formula is C14H28N2. The van der Waals surface area contributed by atoms with Gasteiger partial charge in [0.25, 0.3) is 0 Å². The van der Waals surface area contributed by atoms with Crippen molar-refractivity contribution >= 4 is 0 Å². The number of hydrogen-bond acceptors (Lipinski definition) is 2. The van der Waals surface area contributed by atoms with E-state index in [0.29, 0.717) is 6.04 Å². The maximum atomic E-state index is 6.05. The molecule has 0 aromatic rings. The van der Waals surface area contributed by atoms with Crippen molar-refractivity contribution < 1.29 is 0 Å². The van der Waals surface area contributed by atoms with Crippen LogP contribution in [0.15, 0.2) is 0 Å². The van der Waals surface area contributed by atoms with Crippen LogP contribution in [0.2, 0.25) is 0 Å².